The topological polar surface area (TPSA) is 59.8 Å². The molecule has 0 saturated carbocycles. The molecule has 8 heteroatoms. The first-order valence-electron chi connectivity index (χ1n) is 5.66. The fraction of sp³-hybridized carbons (Fsp3) is 0.250. The van der Waals surface area contributed by atoms with Gasteiger partial charge < -0.3 is 5.32 Å². The second-order valence-electron chi connectivity index (χ2n) is 4.08. The Morgan fingerprint density at radius 2 is 2.20 bits per heavy atom. The van der Waals surface area contributed by atoms with Gasteiger partial charge in [0, 0.05) is 32.1 Å². The van der Waals surface area contributed by atoms with Crippen LogP contribution in [0.1, 0.15) is 21.7 Å². The van der Waals surface area contributed by atoms with E-state index in [0.29, 0.717) is 0 Å². The van der Waals surface area contributed by atoms with Crippen LogP contribution in [0.2, 0.25) is 0 Å². The fourth-order valence-electron chi connectivity index (χ4n) is 1.59. The highest BCUT2D eigenvalue weighted by molar-refractivity contribution is 5.92. The van der Waals surface area contributed by atoms with Crippen molar-refractivity contribution in [1.29, 1.82) is 0 Å². The zero-order valence-corrected chi connectivity index (χ0v) is 10.5. The molecular formula is C12H11F3N4O. The molecule has 0 spiro atoms. The van der Waals surface area contributed by atoms with E-state index in [4.69, 9.17) is 0 Å². The molecule has 0 aliphatic heterocycles. The minimum Gasteiger partial charge on any atom is -0.347 e. The Bertz CT molecular complexity index is 607. The second-order valence-corrected chi connectivity index (χ2v) is 4.08. The summed E-state index contributed by atoms with van der Waals surface area (Å²) in [6, 6.07) is 4.17. The number of rotatable bonds is 3. The molecule has 1 amide bonds. The summed E-state index contributed by atoms with van der Waals surface area (Å²) in [6.07, 6.45) is -1.42. The van der Waals surface area contributed by atoms with Gasteiger partial charge in [-0.25, -0.2) is 0 Å². The van der Waals surface area contributed by atoms with E-state index in [1.165, 1.54) is 7.05 Å². The van der Waals surface area contributed by atoms with Crippen molar-refractivity contribution in [2.45, 2.75) is 12.7 Å². The van der Waals surface area contributed by atoms with Gasteiger partial charge in [-0.15, -0.1) is 0 Å². The van der Waals surface area contributed by atoms with Crippen molar-refractivity contribution in [2.75, 3.05) is 0 Å². The quantitative estimate of drug-likeness (QED) is 0.934. The molecule has 2 rings (SSSR count). The largest absolute Gasteiger partial charge is 0.435 e. The average Bonchev–Trinajstić information content (AvgIpc) is 2.79. The molecule has 2 heterocycles. The van der Waals surface area contributed by atoms with Gasteiger partial charge in [-0.05, 0) is 11.6 Å². The highest BCUT2D eigenvalue weighted by Gasteiger charge is 2.35. The molecule has 2 aromatic rings. The van der Waals surface area contributed by atoms with E-state index < -0.39 is 17.8 Å². The normalized spacial score (nSPS) is 11.4. The third-order valence-electron chi connectivity index (χ3n) is 2.58. The number of carbonyl (C=O) groups excluding carboxylic acids is 1. The van der Waals surface area contributed by atoms with Crippen molar-refractivity contribution >= 4 is 5.91 Å². The number of nitrogens with one attached hydrogen (secondary N) is 1. The number of carbonyl (C=O) groups is 1. The fourth-order valence-corrected chi connectivity index (χ4v) is 1.59. The van der Waals surface area contributed by atoms with Crippen molar-refractivity contribution in [3.63, 3.8) is 0 Å². The standard InChI is InChI=1S/C12H11F3N4O/c1-19-9(5-10(18-19)12(13,14)15)11(20)17-7-8-3-2-4-16-6-8/h2-6H,7H2,1H3,(H,17,20). The summed E-state index contributed by atoms with van der Waals surface area (Å²) < 4.78 is 38.3. The molecule has 20 heavy (non-hydrogen) atoms. The molecule has 0 radical (unpaired) electrons. The lowest BCUT2D eigenvalue weighted by atomic mass is 10.2. The van der Waals surface area contributed by atoms with Crippen molar-refractivity contribution in [2.24, 2.45) is 7.05 Å². The summed E-state index contributed by atoms with van der Waals surface area (Å²) >= 11 is 0. The first-order chi connectivity index (χ1) is 9.38. The zero-order chi connectivity index (χ0) is 14.8. The van der Waals surface area contributed by atoms with Gasteiger partial charge in [0.15, 0.2) is 5.69 Å². The van der Waals surface area contributed by atoms with Crippen LogP contribution in [0.15, 0.2) is 30.6 Å². The molecule has 0 saturated heterocycles. The number of nitrogens with zero attached hydrogens (tertiary/aromatic N) is 3. The van der Waals surface area contributed by atoms with Crippen LogP contribution in [0.4, 0.5) is 13.2 Å². The Hall–Kier alpha value is -2.38. The minimum atomic E-state index is -4.57. The van der Waals surface area contributed by atoms with E-state index in [9.17, 15) is 18.0 Å². The predicted molar refractivity (Wildman–Crippen MR) is 63.6 cm³/mol. The lowest BCUT2D eigenvalue weighted by Gasteiger charge is -2.04. The first-order valence-corrected chi connectivity index (χ1v) is 5.66. The molecule has 0 aliphatic rings. The summed E-state index contributed by atoms with van der Waals surface area (Å²) in [6.45, 7) is 0.180. The van der Waals surface area contributed by atoms with Gasteiger partial charge in [0.05, 0.1) is 0 Å². The van der Waals surface area contributed by atoms with Crippen LogP contribution in [-0.2, 0) is 19.8 Å². The third kappa shape index (κ3) is 3.14. The van der Waals surface area contributed by atoms with Crippen molar-refractivity contribution in [3.8, 4) is 0 Å². The molecule has 0 bridgehead atoms. The number of hydrogen-bond acceptors (Lipinski definition) is 3. The van der Waals surface area contributed by atoms with E-state index in [1.807, 2.05) is 0 Å². The monoisotopic (exact) mass is 284 g/mol. The summed E-state index contributed by atoms with van der Waals surface area (Å²) in [5.74, 6) is -0.626. The lowest BCUT2D eigenvalue weighted by molar-refractivity contribution is -0.141. The van der Waals surface area contributed by atoms with Gasteiger partial charge >= 0.3 is 6.18 Å². The minimum absolute atomic E-state index is 0.152. The number of aryl methyl sites for hydroxylation is 1. The molecular weight excluding hydrogens is 273 g/mol. The summed E-state index contributed by atoms with van der Waals surface area (Å²) in [5, 5.41) is 5.79. The van der Waals surface area contributed by atoms with Gasteiger partial charge in [0.1, 0.15) is 5.69 Å². The van der Waals surface area contributed by atoms with Crippen LogP contribution in [0, 0.1) is 0 Å². The number of halogens is 3. The number of aromatic nitrogens is 3. The van der Waals surface area contributed by atoms with Gasteiger partial charge in [-0.1, -0.05) is 6.07 Å². The number of pyridine rings is 1. The Balaban J connectivity index is 2.08. The molecule has 0 fully saturated rings. The van der Waals surface area contributed by atoms with Crippen molar-refractivity contribution in [3.05, 3.63) is 47.5 Å². The van der Waals surface area contributed by atoms with Gasteiger partial charge in [0.2, 0.25) is 0 Å². The Morgan fingerprint density at radius 3 is 2.75 bits per heavy atom. The molecule has 1 N–H and O–H groups in total. The molecule has 0 unspecified atom stereocenters. The number of hydrogen-bond donors (Lipinski definition) is 1. The lowest BCUT2D eigenvalue weighted by Crippen LogP contribution is -2.25. The predicted octanol–water partition coefficient (Wildman–Crippen LogP) is 1.76. The van der Waals surface area contributed by atoms with Crippen molar-refractivity contribution in [1.82, 2.24) is 20.1 Å². The van der Waals surface area contributed by atoms with Crippen LogP contribution in [0.3, 0.4) is 0 Å². The molecule has 5 nitrogen and oxygen atoms in total. The Kier molecular flexibility index (Phi) is 3.73. The highest BCUT2D eigenvalue weighted by Crippen LogP contribution is 2.28. The Morgan fingerprint density at radius 1 is 1.45 bits per heavy atom. The molecule has 2 aromatic heterocycles. The zero-order valence-electron chi connectivity index (χ0n) is 10.5. The number of alkyl halides is 3. The highest BCUT2D eigenvalue weighted by atomic mass is 19.4. The van der Waals surface area contributed by atoms with Gasteiger partial charge in [-0.3, -0.25) is 14.5 Å². The van der Waals surface area contributed by atoms with E-state index in [0.717, 1.165) is 16.3 Å². The van der Waals surface area contributed by atoms with Gasteiger partial charge in [-0.2, -0.15) is 18.3 Å². The second kappa shape index (κ2) is 5.32. The maximum Gasteiger partial charge on any atom is 0.435 e. The van der Waals surface area contributed by atoms with Crippen LogP contribution < -0.4 is 5.32 Å². The van der Waals surface area contributed by atoms with E-state index in [-0.39, 0.29) is 12.2 Å². The molecule has 0 aliphatic carbocycles. The van der Waals surface area contributed by atoms with Crippen LogP contribution in [0.5, 0.6) is 0 Å². The first kappa shape index (κ1) is 14.0. The summed E-state index contributed by atoms with van der Waals surface area (Å²) in [5.41, 5.74) is -0.494. The molecule has 0 atom stereocenters. The maximum atomic E-state index is 12.5. The van der Waals surface area contributed by atoms with Gasteiger partial charge in [0.25, 0.3) is 5.91 Å². The van der Waals surface area contributed by atoms with Crippen LogP contribution >= 0.6 is 0 Å². The summed E-state index contributed by atoms with van der Waals surface area (Å²) in [4.78, 5) is 15.7. The van der Waals surface area contributed by atoms with Crippen molar-refractivity contribution < 1.29 is 18.0 Å². The molecule has 0 aromatic carbocycles. The maximum absolute atomic E-state index is 12.5. The van der Waals surface area contributed by atoms with E-state index in [2.05, 4.69) is 15.4 Å². The van der Waals surface area contributed by atoms with E-state index in [1.54, 1.807) is 24.5 Å². The summed E-state index contributed by atoms with van der Waals surface area (Å²) in [7, 11) is 1.29. The number of amides is 1. The third-order valence-corrected chi connectivity index (χ3v) is 2.58. The average molecular weight is 284 g/mol. The SMILES string of the molecule is Cn1nc(C(F)(F)F)cc1C(=O)NCc1cccnc1. The Labute approximate surface area is 112 Å². The van der Waals surface area contributed by atoms with Crippen LogP contribution in [0.25, 0.3) is 0 Å². The van der Waals surface area contributed by atoms with Crippen LogP contribution in [-0.4, -0.2) is 20.7 Å². The van der Waals surface area contributed by atoms with E-state index >= 15 is 0 Å². The smallest absolute Gasteiger partial charge is 0.347 e. The molecule has 106 valence electrons.